The maximum atomic E-state index is 11.7. The van der Waals surface area contributed by atoms with E-state index in [0.29, 0.717) is 12.8 Å². The van der Waals surface area contributed by atoms with Gasteiger partial charge in [-0.15, -0.1) is 0 Å². The minimum atomic E-state index is -3.91. The van der Waals surface area contributed by atoms with E-state index in [4.69, 9.17) is 0 Å². The van der Waals surface area contributed by atoms with Gasteiger partial charge in [-0.05, 0) is 19.8 Å². The molecule has 0 aromatic carbocycles. The average molecular weight is 213 g/mol. The highest BCUT2D eigenvalue weighted by atomic mass is 32.2. The predicted octanol–water partition coefficient (Wildman–Crippen LogP) is 0.250. The van der Waals surface area contributed by atoms with Crippen molar-refractivity contribution in [2.75, 3.05) is 0 Å². The zero-order chi connectivity index (χ0) is 10.3. The summed E-state index contributed by atoms with van der Waals surface area (Å²) >= 11 is 0. The van der Waals surface area contributed by atoms with Crippen molar-refractivity contribution in [2.45, 2.75) is 30.9 Å². The maximum Gasteiger partial charge on any atom is 0.316 e. The molecule has 76 valence electrons. The lowest BCUT2D eigenvalue weighted by Gasteiger charge is -2.10. The van der Waals surface area contributed by atoms with Gasteiger partial charge in [0.25, 0.3) is 0 Å². The summed E-state index contributed by atoms with van der Waals surface area (Å²) in [4.78, 5) is 10.4. The van der Waals surface area contributed by atoms with Crippen molar-refractivity contribution in [3.05, 3.63) is 0 Å². The zero-order valence-electron chi connectivity index (χ0n) is 6.88. The SMILES string of the molecule is CC1(S(=O)(=O)NC(=O)C(F)F)CC1. The van der Waals surface area contributed by atoms with Gasteiger partial charge in [-0.25, -0.2) is 13.1 Å². The first kappa shape index (κ1) is 10.4. The van der Waals surface area contributed by atoms with E-state index in [0.717, 1.165) is 0 Å². The Kier molecular flexibility index (Phi) is 2.31. The van der Waals surface area contributed by atoms with E-state index in [1.165, 1.54) is 11.6 Å². The summed E-state index contributed by atoms with van der Waals surface area (Å²) in [5, 5.41) is 0. The summed E-state index contributed by atoms with van der Waals surface area (Å²) in [6.45, 7) is 1.41. The number of amides is 1. The van der Waals surface area contributed by atoms with Crippen molar-refractivity contribution in [1.29, 1.82) is 0 Å². The van der Waals surface area contributed by atoms with E-state index in [-0.39, 0.29) is 0 Å². The molecule has 13 heavy (non-hydrogen) atoms. The molecule has 0 aliphatic heterocycles. The second-order valence-electron chi connectivity index (χ2n) is 3.22. The van der Waals surface area contributed by atoms with Crippen LogP contribution in [0.3, 0.4) is 0 Å². The summed E-state index contributed by atoms with van der Waals surface area (Å²) in [7, 11) is -3.91. The molecule has 7 heteroatoms. The molecule has 0 aromatic rings. The number of hydrogen-bond donors (Lipinski definition) is 1. The van der Waals surface area contributed by atoms with Crippen molar-refractivity contribution in [3.63, 3.8) is 0 Å². The van der Waals surface area contributed by atoms with Gasteiger partial charge in [0.05, 0.1) is 4.75 Å². The van der Waals surface area contributed by atoms with Gasteiger partial charge in [-0.2, -0.15) is 8.78 Å². The maximum absolute atomic E-state index is 11.7. The molecule has 0 saturated heterocycles. The lowest BCUT2D eigenvalue weighted by atomic mass is 10.5. The first-order valence-corrected chi connectivity index (χ1v) is 5.11. The fourth-order valence-electron chi connectivity index (χ4n) is 0.745. The fourth-order valence-corrected chi connectivity index (χ4v) is 1.98. The van der Waals surface area contributed by atoms with Crippen LogP contribution in [0.2, 0.25) is 0 Å². The molecule has 1 aliphatic rings. The van der Waals surface area contributed by atoms with Gasteiger partial charge < -0.3 is 0 Å². The summed E-state index contributed by atoms with van der Waals surface area (Å²) < 4.78 is 46.0. The van der Waals surface area contributed by atoms with Gasteiger partial charge in [0.2, 0.25) is 10.0 Å². The summed E-state index contributed by atoms with van der Waals surface area (Å²) in [5.41, 5.74) is 0. The lowest BCUT2D eigenvalue weighted by Crippen LogP contribution is -2.41. The number of carbonyl (C=O) groups excluding carboxylic acids is 1. The Bertz CT molecular complexity index is 321. The summed E-state index contributed by atoms with van der Waals surface area (Å²) in [6, 6.07) is 0. The molecule has 1 fully saturated rings. The lowest BCUT2D eigenvalue weighted by molar-refractivity contribution is -0.129. The van der Waals surface area contributed by atoms with Gasteiger partial charge in [0.1, 0.15) is 0 Å². The molecule has 1 saturated carbocycles. The van der Waals surface area contributed by atoms with Crippen molar-refractivity contribution >= 4 is 15.9 Å². The van der Waals surface area contributed by atoms with Crippen molar-refractivity contribution in [2.24, 2.45) is 0 Å². The number of carbonyl (C=O) groups is 1. The Morgan fingerprint density at radius 2 is 1.92 bits per heavy atom. The molecule has 0 spiro atoms. The van der Waals surface area contributed by atoms with Gasteiger partial charge in [0.15, 0.2) is 0 Å². The van der Waals surface area contributed by atoms with Gasteiger partial charge in [0, 0.05) is 0 Å². The quantitative estimate of drug-likeness (QED) is 0.731. The zero-order valence-corrected chi connectivity index (χ0v) is 7.70. The van der Waals surface area contributed by atoms with Crippen LogP contribution in [0.5, 0.6) is 0 Å². The molecule has 0 atom stereocenters. The fraction of sp³-hybridized carbons (Fsp3) is 0.833. The molecule has 0 bridgehead atoms. The number of alkyl halides is 2. The minimum Gasteiger partial charge on any atom is -0.267 e. The second kappa shape index (κ2) is 2.90. The van der Waals surface area contributed by atoms with Gasteiger partial charge >= 0.3 is 12.3 Å². The van der Waals surface area contributed by atoms with Crippen molar-refractivity contribution < 1.29 is 22.0 Å². The monoisotopic (exact) mass is 213 g/mol. The molecule has 0 heterocycles. The van der Waals surface area contributed by atoms with E-state index in [9.17, 15) is 22.0 Å². The molecule has 1 aliphatic carbocycles. The van der Waals surface area contributed by atoms with Crippen LogP contribution in [0.25, 0.3) is 0 Å². The van der Waals surface area contributed by atoms with Crippen molar-refractivity contribution in [3.8, 4) is 0 Å². The molecular weight excluding hydrogens is 204 g/mol. The third-order valence-electron chi connectivity index (χ3n) is 2.04. The van der Waals surface area contributed by atoms with Gasteiger partial charge in [-0.3, -0.25) is 4.79 Å². The van der Waals surface area contributed by atoms with Crippen molar-refractivity contribution in [1.82, 2.24) is 4.72 Å². The van der Waals surface area contributed by atoms with Crippen LogP contribution >= 0.6 is 0 Å². The Hall–Kier alpha value is -0.720. The topological polar surface area (TPSA) is 63.2 Å². The van der Waals surface area contributed by atoms with E-state index in [1.807, 2.05) is 0 Å². The molecule has 1 rings (SSSR count). The molecular formula is C6H9F2NO3S. The molecule has 0 unspecified atom stereocenters. The number of sulfonamides is 1. The van der Waals surface area contributed by atoms with Crippen LogP contribution in [0.4, 0.5) is 8.78 Å². The number of nitrogens with one attached hydrogen (secondary N) is 1. The third kappa shape index (κ3) is 1.96. The van der Waals surface area contributed by atoms with Crippen LogP contribution < -0.4 is 4.72 Å². The third-order valence-corrected chi connectivity index (χ3v) is 4.21. The molecule has 0 aromatic heterocycles. The van der Waals surface area contributed by atoms with Crippen LogP contribution in [-0.4, -0.2) is 25.5 Å². The molecule has 4 nitrogen and oxygen atoms in total. The first-order chi connectivity index (χ1) is 5.78. The highest BCUT2D eigenvalue weighted by Gasteiger charge is 2.51. The number of halogens is 2. The molecule has 1 N–H and O–H groups in total. The van der Waals surface area contributed by atoms with Crippen LogP contribution in [0.1, 0.15) is 19.8 Å². The van der Waals surface area contributed by atoms with E-state index in [1.54, 1.807) is 0 Å². The summed E-state index contributed by atoms with van der Waals surface area (Å²) in [5.74, 6) is -1.76. The van der Waals surface area contributed by atoms with Gasteiger partial charge in [-0.1, -0.05) is 0 Å². The largest absolute Gasteiger partial charge is 0.316 e. The Labute approximate surface area is 74.4 Å². The smallest absolute Gasteiger partial charge is 0.267 e. The summed E-state index contributed by atoms with van der Waals surface area (Å²) in [6.07, 6.45) is -2.49. The first-order valence-electron chi connectivity index (χ1n) is 3.63. The molecule has 1 amide bonds. The second-order valence-corrected chi connectivity index (χ2v) is 5.42. The molecule has 0 radical (unpaired) electrons. The van der Waals surface area contributed by atoms with E-state index in [2.05, 4.69) is 0 Å². The van der Waals surface area contributed by atoms with Crippen LogP contribution in [-0.2, 0) is 14.8 Å². The highest BCUT2D eigenvalue weighted by Crippen LogP contribution is 2.42. The Balaban J connectivity index is 2.69. The standard InChI is InChI=1S/C6H9F2NO3S/c1-6(2-3-6)13(11,12)9-5(10)4(7)8/h4H,2-3H2,1H3,(H,9,10). The number of rotatable bonds is 3. The van der Waals surface area contributed by atoms with Crippen LogP contribution in [0, 0.1) is 0 Å². The average Bonchev–Trinajstić information content (AvgIpc) is 2.68. The predicted molar refractivity (Wildman–Crippen MR) is 40.7 cm³/mol. The van der Waals surface area contributed by atoms with Crippen LogP contribution in [0.15, 0.2) is 0 Å². The minimum absolute atomic E-state index is 0.402. The number of hydrogen-bond acceptors (Lipinski definition) is 3. The Morgan fingerprint density at radius 3 is 2.23 bits per heavy atom. The Morgan fingerprint density at radius 1 is 1.46 bits per heavy atom. The highest BCUT2D eigenvalue weighted by molar-refractivity contribution is 7.91. The van der Waals surface area contributed by atoms with E-state index < -0.39 is 27.1 Å². The normalized spacial score (nSPS) is 20.0. The van der Waals surface area contributed by atoms with E-state index >= 15 is 0 Å².